The Kier molecular flexibility index (Phi) is 4.69. The van der Waals surface area contributed by atoms with Crippen LogP contribution in [0.4, 0.5) is 0 Å². The lowest BCUT2D eigenvalue weighted by atomic mass is 10.4. The van der Waals surface area contributed by atoms with E-state index in [4.69, 9.17) is 0 Å². The Balaban J connectivity index is 2.36. The molecule has 0 bridgehead atoms. The van der Waals surface area contributed by atoms with Gasteiger partial charge in [-0.2, -0.15) is 0 Å². The summed E-state index contributed by atoms with van der Waals surface area (Å²) in [5.41, 5.74) is 0. The number of alkyl halides is 1. The highest BCUT2D eigenvalue weighted by Gasteiger charge is 2.27. The maximum absolute atomic E-state index is 11.6. The molecule has 13 heavy (non-hydrogen) atoms. The van der Waals surface area contributed by atoms with Crippen LogP contribution in [0.15, 0.2) is 0 Å². The summed E-state index contributed by atoms with van der Waals surface area (Å²) in [6, 6.07) is 0. The number of rotatable bonds is 5. The molecule has 3 nitrogen and oxygen atoms in total. The topological polar surface area (TPSA) is 46.2 Å². The molecule has 0 aromatic heterocycles. The first-order chi connectivity index (χ1) is 6.17. The van der Waals surface area contributed by atoms with Crippen LogP contribution in [0.5, 0.6) is 0 Å². The summed E-state index contributed by atoms with van der Waals surface area (Å²) in [4.78, 5) is 0. The van der Waals surface area contributed by atoms with Crippen molar-refractivity contribution in [3.63, 3.8) is 0 Å². The number of hydrogen-bond acceptors (Lipinski definition) is 2. The molecule has 1 N–H and O–H groups in total. The summed E-state index contributed by atoms with van der Waals surface area (Å²) in [5, 5.41) is 0.725. The van der Waals surface area contributed by atoms with Gasteiger partial charge in [-0.15, -0.1) is 0 Å². The monoisotopic (exact) mass is 269 g/mol. The first-order valence-electron chi connectivity index (χ1n) is 4.71. The van der Waals surface area contributed by atoms with Crippen LogP contribution in [0.2, 0.25) is 0 Å². The zero-order valence-corrected chi connectivity index (χ0v) is 10.0. The van der Waals surface area contributed by atoms with E-state index in [-0.39, 0.29) is 5.25 Å². The predicted molar refractivity (Wildman–Crippen MR) is 57.6 cm³/mol. The van der Waals surface area contributed by atoms with E-state index in [0.717, 1.165) is 37.4 Å². The van der Waals surface area contributed by atoms with Crippen molar-refractivity contribution in [2.45, 2.75) is 37.4 Å². The molecule has 0 unspecified atom stereocenters. The molecule has 0 radical (unpaired) electrons. The highest BCUT2D eigenvalue weighted by molar-refractivity contribution is 9.09. The minimum atomic E-state index is -3.00. The van der Waals surface area contributed by atoms with Crippen molar-refractivity contribution in [1.82, 2.24) is 4.72 Å². The van der Waals surface area contributed by atoms with Crippen molar-refractivity contribution in [2.24, 2.45) is 0 Å². The highest BCUT2D eigenvalue weighted by Crippen LogP contribution is 2.23. The second-order valence-electron chi connectivity index (χ2n) is 3.39. The molecule has 1 aliphatic rings. The van der Waals surface area contributed by atoms with Crippen LogP contribution in [0.1, 0.15) is 32.1 Å². The van der Waals surface area contributed by atoms with Gasteiger partial charge in [-0.1, -0.05) is 28.8 Å². The summed E-state index contributed by atoms with van der Waals surface area (Å²) in [6.45, 7) is 0.560. The lowest BCUT2D eigenvalue weighted by Crippen LogP contribution is -2.33. The van der Waals surface area contributed by atoms with Crippen molar-refractivity contribution < 1.29 is 8.42 Å². The fourth-order valence-electron chi connectivity index (χ4n) is 1.60. The van der Waals surface area contributed by atoms with E-state index in [1.165, 1.54) is 0 Å². The molecule has 0 saturated heterocycles. The zero-order valence-electron chi connectivity index (χ0n) is 7.63. The van der Waals surface area contributed by atoms with E-state index < -0.39 is 10.0 Å². The first kappa shape index (κ1) is 11.5. The fourth-order valence-corrected chi connectivity index (χ4v) is 3.50. The van der Waals surface area contributed by atoms with Gasteiger partial charge in [0.15, 0.2) is 0 Å². The first-order valence-corrected chi connectivity index (χ1v) is 7.38. The van der Waals surface area contributed by atoms with Crippen LogP contribution in [0.25, 0.3) is 0 Å². The Morgan fingerprint density at radius 3 is 2.46 bits per heavy atom. The van der Waals surface area contributed by atoms with Gasteiger partial charge in [-0.3, -0.25) is 0 Å². The second-order valence-corrected chi connectivity index (χ2v) is 6.23. The molecule has 1 aliphatic carbocycles. The van der Waals surface area contributed by atoms with Crippen LogP contribution in [-0.2, 0) is 10.0 Å². The smallest absolute Gasteiger partial charge is 0.214 e. The molecular formula is C8H16BrNO2S. The molecule has 0 aromatic carbocycles. The normalized spacial score (nSPS) is 19.5. The Morgan fingerprint density at radius 1 is 1.31 bits per heavy atom. The molecule has 0 amide bonds. The van der Waals surface area contributed by atoms with E-state index in [1.807, 2.05) is 0 Å². The summed E-state index contributed by atoms with van der Waals surface area (Å²) >= 11 is 3.27. The van der Waals surface area contributed by atoms with Crippen LogP contribution in [0.3, 0.4) is 0 Å². The summed E-state index contributed by atoms with van der Waals surface area (Å²) < 4.78 is 25.8. The van der Waals surface area contributed by atoms with Gasteiger partial charge in [-0.25, -0.2) is 13.1 Å². The molecule has 1 saturated carbocycles. The molecule has 0 aliphatic heterocycles. The molecule has 1 rings (SSSR count). The van der Waals surface area contributed by atoms with Crippen LogP contribution in [-0.4, -0.2) is 25.5 Å². The van der Waals surface area contributed by atoms with Crippen molar-refractivity contribution >= 4 is 26.0 Å². The third-order valence-electron chi connectivity index (χ3n) is 2.35. The Bertz CT molecular complexity index is 235. The molecule has 5 heteroatoms. The quantitative estimate of drug-likeness (QED) is 0.609. The summed E-state index contributed by atoms with van der Waals surface area (Å²) in [6.07, 6.45) is 4.65. The fraction of sp³-hybridized carbons (Fsp3) is 1.00. The average Bonchev–Trinajstić information content (AvgIpc) is 2.56. The van der Waals surface area contributed by atoms with E-state index in [1.54, 1.807) is 0 Å². The minimum absolute atomic E-state index is 0.122. The minimum Gasteiger partial charge on any atom is -0.215 e. The molecular weight excluding hydrogens is 254 g/mol. The zero-order chi connectivity index (χ0) is 9.73. The van der Waals surface area contributed by atoms with Gasteiger partial charge in [0.1, 0.15) is 0 Å². The van der Waals surface area contributed by atoms with Crippen molar-refractivity contribution in [3.8, 4) is 0 Å². The Hall–Kier alpha value is 0.390. The number of hydrogen-bond donors (Lipinski definition) is 1. The number of nitrogens with one attached hydrogen (secondary N) is 1. The molecule has 0 heterocycles. The van der Waals surface area contributed by atoms with Crippen LogP contribution < -0.4 is 4.72 Å². The van der Waals surface area contributed by atoms with E-state index >= 15 is 0 Å². The largest absolute Gasteiger partial charge is 0.215 e. The average molecular weight is 270 g/mol. The number of sulfonamides is 1. The summed E-state index contributed by atoms with van der Waals surface area (Å²) in [5.74, 6) is 0. The number of halogens is 1. The van der Waals surface area contributed by atoms with Crippen molar-refractivity contribution in [1.29, 1.82) is 0 Å². The lowest BCUT2D eigenvalue weighted by molar-refractivity contribution is 0.564. The molecule has 0 atom stereocenters. The van der Waals surface area contributed by atoms with E-state index in [0.29, 0.717) is 6.54 Å². The van der Waals surface area contributed by atoms with Gasteiger partial charge in [0, 0.05) is 11.9 Å². The third kappa shape index (κ3) is 3.56. The van der Waals surface area contributed by atoms with Crippen molar-refractivity contribution in [2.75, 3.05) is 11.9 Å². The maximum atomic E-state index is 11.6. The third-order valence-corrected chi connectivity index (χ3v) is 4.87. The van der Waals surface area contributed by atoms with Crippen LogP contribution >= 0.6 is 15.9 Å². The van der Waals surface area contributed by atoms with E-state index in [2.05, 4.69) is 20.7 Å². The maximum Gasteiger partial charge on any atom is 0.214 e. The summed E-state index contributed by atoms with van der Waals surface area (Å²) in [7, 11) is -3.00. The lowest BCUT2D eigenvalue weighted by Gasteiger charge is -2.11. The molecule has 0 aromatic rings. The predicted octanol–water partition coefficient (Wildman–Crippen LogP) is 1.63. The molecule has 78 valence electrons. The Morgan fingerprint density at radius 2 is 1.92 bits per heavy atom. The van der Waals surface area contributed by atoms with Gasteiger partial charge in [0.05, 0.1) is 5.25 Å². The highest BCUT2D eigenvalue weighted by atomic mass is 79.9. The van der Waals surface area contributed by atoms with Gasteiger partial charge in [-0.05, 0) is 19.3 Å². The van der Waals surface area contributed by atoms with Crippen molar-refractivity contribution in [3.05, 3.63) is 0 Å². The van der Waals surface area contributed by atoms with Gasteiger partial charge >= 0.3 is 0 Å². The van der Waals surface area contributed by atoms with Crippen LogP contribution in [0, 0.1) is 0 Å². The Labute approximate surface area is 88.5 Å². The van der Waals surface area contributed by atoms with E-state index in [9.17, 15) is 8.42 Å². The second kappa shape index (κ2) is 5.32. The molecule has 1 fully saturated rings. The standard InChI is InChI=1S/C8H16BrNO2S/c9-6-3-7-10-13(11,12)8-4-1-2-5-8/h8,10H,1-7H2. The van der Waals surface area contributed by atoms with Gasteiger partial charge in [0.25, 0.3) is 0 Å². The SMILES string of the molecule is O=S(=O)(NCCCBr)C1CCCC1. The van der Waals surface area contributed by atoms with Gasteiger partial charge < -0.3 is 0 Å². The molecule has 0 spiro atoms. The van der Waals surface area contributed by atoms with Gasteiger partial charge in [0.2, 0.25) is 10.0 Å².